The van der Waals surface area contributed by atoms with Crippen LogP contribution in [-0.4, -0.2) is 34.7 Å². The van der Waals surface area contributed by atoms with Crippen LogP contribution in [0.1, 0.15) is 82.3 Å². The first-order valence-electron chi connectivity index (χ1n) is 14.1. The average molecular weight is 553 g/mol. The van der Waals surface area contributed by atoms with Crippen molar-refractivity contribution in [3.8, 4) is 11.5 Å². The van der Waals surface area contributed by atoms with Crippen molar-refractivity contribution in [1.82, 2.24) is 4.90 Å². The van der Waals surface area contributed by atoms with Crippen LogP contribution in [0.5, 0.6) is 11.5 Å². The lowest BCUT2D eigenvalue weighted by Gasteiger charge is -2.31. The van der Waals surface area contributed by atoms with Gasteiger partial charge in [0.05, 0.1) is 22.6 Å². The molecule has 5 rings (SSSR count). The number of benzene rings is 2. The van der Waals surface area contributed by atoms with Gasteiger partial charge in [0.2, 0.25) is 0 Å². The molecular formula is C31H37ClN2O3S. The summed E-state index contributed by atoms with van der Waals surface area (Å²) in [6.07, 6.45) is 13.6. The van der Waals surface area contributed by atoms with E-state index < -0.39 is 0 Å². The molecule has 0 atom stereocenters. The number of amidine groups is 1. The largest absolute Gasteiger partial charge is 0.490 e. The molecule has 0 aromatic heterocycles. The number of thioether (sulfide) groups is 1. The first kappa shape index (κ1) is 27.1. The molecule has 202 valence electrons. The van der Waals surface area contributed by atoms with Crippen LogP contribution in [0, 0.1) is 0 Å². The van der Waals surface area contributed by atoms with Crippen molar-refractivity contribution < 1.29 is 14.3 Å². The normalized spacial score (nSPS) is 21.4. The SMILES string of the molecule is CCOc1cc(C=C2SC(=NC3CCCCC3)N(C3CCCCC3)C2=O)cc(Cl)c1OCc1ccccc1. The van der Waals surface area contributed by atoms with Gasteiger partial charge in [0.1, 0.15) is 6.61 Å². The van der Waals surface area contributed by atoms with Crippen molar-refractivity contribution in [2.24, 2.45) is 4.99 Å². The fourth-order valence-corrected chi connectivity index (χ4v) is 6.94. The number of nitrogens with zero attached hydrogens (tertiary/aromatic N) is 2. The molecule has 3 fully saturated rings. The molecule has 2 aromatic carbocycles. The third-order valence-electron chi connectivity index (χ3n) is 7.50. The highest BCUT2D eigenvalue weighted by molar-refractivity contribution is 8.18. The molecule has 1 amide bonds. The number of carbonyl (C=O) groups excluding carboxylic acids is 1. The number of amides is 1. The summed E-state index contributed by atoms with van der Waals surface area (Å²) in [7, 11) is 0. The van der Waals surface area contributed by atoms with E-state index in [4.69, 9.17) is 26.1 Å². The van der Waals surface area contributed by atoms with Crippen LogP contribution in [0.25, 0.3) is 6.08 Å². The lowest BCUT2D eigenvalue weighted by molar-refractivity contribution is -0.124. The molecule has 0 spiro atoms. The van der Waals surface area contributed by atoms with Crippen LogP contribution in [0.3, 0.4) is 0 Å². The molecule has 2 saturated carbocycles. The maximum absolute atomic E-state index is 13.8. The predicted octanol–water partition coefficient (Wildman–Crippen LogP) is 8.26. The molecule has 38 heavy (non-hydrogen) atoms. The summed E-state index contributed by atoms with van der Waals surface area (Å²) in [4.78, 5) is 21.6. The molecule has 2 aromatic rings. The Morgan fingerprint density at radius 2 is 1.71 bits per heavy atom. The first-order valence-corrected chi connectivity index (χ1v) is 15.3. The van der Waals surface area contributed by atoms with Crippen LogP contribution < -0.4 is 9.47 Å². The molecule has 1 saturated heterocycles. The molecule has 2 aliphatic carbocycles. The third-order valence-corrected chi connectivity index (χ3v) is 8.78. The van der Waals surface area contributed by atoms with Crippen molar-refractivity contribution in [1.29, 1.82) is 0 Å². The van der Waals surface area contributed by atoms with Gasteiger partial charge in [-0.15, -0.1) is 0 Å². The summed E-state index contributed by atoms with van der Waals surface area (Å²) in [5.74, 6) is 1.17. The van der Waals surface area contributed by atoms with Crippen LogP contribution in [0.15, 0.2) is 52.4 Å². The van der Waals surface area contributed by atoms with Gasteiger partial charge in [-0.25, -0.2) is 0 Å². The fourth-order valence-electron chi connectivity index (χ4n) is 5.56. The Hall–Kier alpha value is -2.44. The van der Waals surface area contributed by atoms with E-state index in [0.717, 1.165) is 42.0 Å². The summed E-state index contributed by atoms with van der Waals surface area (Å²) in [6, 6.07) is 14.3. The Balaban J connectivity index is 1.41. The van der Waals surface area contributed by atoms with Crippen molar-refractivity contribution in [2.75, 3.05) is 6.61 Å². The molecular weight excluding hydrogens is 516 g/mol. The van der Waals surface area contributed by atoms with Crippen LogP contribution >= 0.6 is 23.4 Å². The van der Waals surface area contributed by atoms with Gasteiger partial charge in [0, 0.05) is 6.04 Å². The standard InChI is InChI=1S/C31H37ClN2O3S/c1-2-36-27-19-23(18-26(32)29(27)37-21-22-12-6-3-7-13-22)20-28-30(35)34(25-16-10-5-11-17-25)31(38-28)33-24-14-8-4-9-15-24/h3,6-7,12-13,18-20,24-25H,2,4-5,8-11,14-17,21H2,1H3. The molecule has 3 aliphatic rings. The second-order valence-electron chi connectivity index (χ2n) is 10.3. The molecule has 1 heterocycles. The Kier molecular flexibility index (Phi) is 9.34. The number of ether oxygens (including phenoxy) is 2. The van der Waals surface area contributed by atoms with Gasteiger partial charge in [0.25, 0.3) is 5.91 Å². The molecule has 0 bridgehead atoms. The van der Waals surface area contributed by atoms with Gasteiger partial charge in [0.15, 0.2) is 16.7 Å². The average Bonchev–Trinajstić information content (AvgIpc) is 3.24. The number of aliphatic imine (C=N–C) groups is 1. The highest BCUT2D eigenvalue weighted by atomic mass is 35.5. The maximum Gasteiger partial charge on any atom is 0.266 e. The topological polar surface area (TPSA) is 51.1 Å². The molecule has 5 nitrogen and oxygen atoms in total. The van der Waals surface area contributed by atoms with E-state index in [1.54, 1.807) is 0 Å². The Bertz CT molecular complexity index is 1170. The minimum absolute atomic E-state index is 0.0648. The van der Waals surface area contributed by atoms with Crippen LogP contribution in [-0.2, 0) is 11.4 Å². The second-order valence-corrected chi connectivity index (χ2v) is 11.7. The van der Waals surface area contributed by atoms with E-state index in [9.17, 15) is 4.79 Å². The quantitative estimate of drug-likeness (QED) is 0.309. The number of rotatable bonds is 8. The lowest BCUT2D eigenvalue weighted by Crippen LogP contribution is -2.41. The highest BCUT2D eigenvalue weighted by Crippen LogP contribution is 2.41. The predicted molar refractivity (Wildman–Crippen MR) is 157 cm³/mol. The van der Waals surface area contributed by atoms with Gasteiger partial charge < -0.3 is 9.47 Å². The van der Waals surface area contributed by atoms with Crippen LogP contribution in [0.4, 0.5) is 0 Å². The van der Waals surface area contributed by atoms with Crippen molar-refractivity contribution >= 4 is 40.5 Å². The maximum atomic E-state index is 13.8. The highest BCUT2D eigenvalue weighted by Gasteiger charge is 2.39. The first-order chi connectivity index (χ1) is 18.6. The number of hydrogen-bond acceptors (Lipinski definition) is 5. The number of hydrogen-bond donors (Lipinski definition) is 0. The summed E-state index contributed by atoms with van der Waals surface area (Å²) in [5.41, 5.74) is 1.88. The van der Waals surface area contributed by atoms with E-state index in [1.165, 1.54) is 50.3 Å². The minimum Gasteiger partial charge on any atom is -0.490 e. The molecule has 1 aliphatic heterocycles. The molecule has 0 unspecified atom stereocenters. The van der Waals surface area contributed by atoms with Crippen molar-refractivity contribution in [2.45, 2.75) is 89.8 Å². The minimum atomic E-state index is 0.0648. The summed E-state index contributed by atoms with van der Waals surface area (Å²) < 4.78 is 12.0. The molecule has 0 N–H and O–H groups in total. The van der Waals surface area contributed by atoms with Crippen molar-refractivity contribution in [3.63, 3.8) is 0 Å². The Morgan fingerprint density at radius 1 is 1.00 bits per heavy atom. The van der Waals surface area contributed by atoms with Gasteiger partial charge in [-0.1, -0.05) is 80.5 Å². The summed E-state index contributed by atoms with van der Waals surface area (Å²) in [5, 5.41) is 1.36. The van der Waals surface area contributed by atoms with Crippen LogP contribution in [0.2, 0.25) is 5.02 Å². The third kappa shape index (κ3) is 6.58. The summed E-state index contributed by atoms with van der Waals surface area (Å²) in [6.45, 7) is 2.82. The van der Waals surface area contributed by atoms with E-state index in [-0.39, 0.29) is 11.9 Å². The van der Waals surface area contributed by atoms with E-state index in [1.807, 2.05) is 60.4 Å². The summed E-state index contributed by atoms with van der Waals surface area (Å²) >= 11 is 8.22. The second kappa shape index (κ2) is 13.1. The van der Waals surface area contributed by atoms with Gasteiger partial charge in [-0.3, -0.25) is 14.7 Å². The van der Waals surface area contributed by atoms with Crippen molar-refractivity contribution in [3.05, 3.63) is 63.5 Å². The molecule has 0 radical (unpaired) electrons. The fraction of sp³-hybridized carbons (Fsp3) is 0.484. The zero-order valence-electron chi connectivity index (χ0n) is 22.2. The van der Waals surface area contributed by atoms with Gasteiger partial charge in [-0.05, 0) is 73.7 Å². The monoisotopic (exact) mass is 552 g/mol. The molecule has 7 heteroatoms. The zero-order valence-corrected chi connectivity index (χ0v) is 23.7. The zero-order chi connectivity index (χ0) is 26.3. The number of halogens is 1. The van der Waals surface area contributed by atoms with E-state index in [2.05, 4.69) is 0 Å². The van der Waals surface area contributed by atoms with Gasteiger partial charge in [-0.2, -0.15) is 0 Å². The Morgan fingerprint density at radius 3 is 2.42 bits per heavy atom. The Labute approximate surface area is 235 Å². The number of carbonyl (C=O) groups is 1. The van der Waals surface area contributed by atoms with Gasteiger partial charge >= 0.3 is 0 Å². The smallest absolute Gasteiger partial charge is 0.266 e. The van der Waals surface area contributed by atoms with E-state index >= 15 is 0 Å². The lowest BCUT2D eigenvalue weighted by atomic mass is 9.94. The van der Waals surface area contributed by atoms with E-state index in [0.29, 0.717) is 40.7 Å².